The van der Waals surface area contributed by atoms with Gasteiger partial charge in [0.05, 0.1) is 12.3 Å². The van der Waals surface area contributed by atoms with E-state index in [1.165, 1.54) is 6.92 Å². The molecule has 0 unspecified atom stereocenters. The van der Waals surface area contributed by atoms with E-state index in [4.69, 9.17) is 0 Å². The summed E-state index contributed by atoms with van der Waals surface area (Å²) in [4.78, 5) is 24.1. The van der Waals surface area contributed by atoms with Gasteiger partial charge in [-0.15, -0.1) is 0 Å². The number of Topliss-reactive ketones (excluding diaryl/α,β-unsaturated/α-hetero) is 1. The Morgan fingerprint density at radius 1 is 1.19 bits per heavy atom. The summed E-state index contributed by atoms with van der Waals surface area (Å²) in [5.41, 5.74) is 1.87. The summed E-state index contributed by atoms with van der Waals surface area (Å²) in [6, 6.07) is 7.52. The number of nitrogens with zero attached hydrogens (tertiary/aromatic N) is 2. The quantitative estimate of drug-likeness (QED) is 0.784. The Balaban J connectivity index is 2.04. The van der Waals surface area contributed by atoms with Crippen LogP contribution in [0, 0.1) is 23.7 Å². The number of carbonyl (C=O) groups excluding carboxylic acids is 2. The third kappa shape index (κ3) is 5.57. The summed E-state index contributed by atoms with van der Waals surface area (Å²) in [6.45, 7) is 3.16. The van der Waals surface area contributed by atoms with Gasteiger partial charge in [-0.2, -0.15) is 5.10 Å². The van der Waals surface area contributed by atoms with Gasteiger partial charge in [0.1, 0.15) is 11.7 Å². The van der Waals surface area contributed by atoms with Crippen molar-refractivity contribution in [3.63, 3.8) is 0 Å². The minimum Gasteiger partial charge on any atom is -0.391 e. The lowest BCUT2D eigenvalue weighted by Crippen LogP contribution is -2.47. The smallest absolute Gasteiger partial charge is 0.251 e. The molecular weight excluding hydrogens is 342 g/mol. The van der Waals surface area contributed by atoms with Crippen LogP contribution in [-0.4, -0.2) is 38.7 Å². The number of aliphatic hydroxyl groups is 1. The first-order valence-electron chi connectivity index (χ1n) is 8.54. The van der Waals surface area contributed by atoms with E-state index in [-0.39, 0.29) is 12.2 Å². The first kappa shape index (κ1) is 20.0. The van der Waals surface area contributed by atoms with Gasteiger partial charge < -0.3 is 10.4 Å². The Hall–Kier alpha value is -3.35. The molecule has 0 saturated heterocycles. The highest BCUT2D eigenvalue weighted by Crippen LogP contribution is 2.06. The Kier molecular flexibility index (Phi) is 6.93. The third-order valence-electron chi connectivity index (χ3n) is 3.89. The van der Waals surface area contributed by atoms with Gasteiger partial charge in [-0.1, -0.05) is 12.8 Å². The average molecular weight is 363 g/mol. The minimum absolute atomic E-state index is 0.215. The zero-order valence-electron chi connectivity index (χ0n) is 15.5. The molecule has 1 amide bonds. The van der Waals surface area contributed by atoms with Gasteiger partial charge in [-0.3, -0.25) is 14.3 Å². The highest BCUT2D eigenvalue weighted by molar-refractivity contribution is 5.98. The standard InChI is InChI=1S/C21H21N3O3/c1-4-19(26)20(15(2)25)23-21(27)17-11-9-16(10-12-17)7-5-6-8-18-13-14-22-24(18)3/h9-15,20,25H,4H2,1-3H3,(H,23,27)/t15-,20+/m1/s1. The average Bonchev–Trinajstić information content (AvgIpc) is 3.07. The maximum absolute atomic E-state index is 12.3. The molecule has 2 aromatic rings. The number of rotatable bonds is 5. The number of nitrogens with one attached hydrogen (secondary N) is 1. The highest BCUT2D eigenvalue weighted by atomic mass is 16.3. The molecule has 1 aromatic carbocycles. The molecular formula is C21H21N3O3. The van der Waals surface area contributed by atoms with Crippen molar-refractivity contribution in [2.24, 2.45) is 7.05 Å². The molecule has 2 rings (SSSR count). The molecule has 0 radical (unpaired) electrons. The number of benzene rings is 1. The molecule has 0 aliphatic rings. The monoisotopic (exact) mass is 363 g/mol. The second-order valence-corrected chi connectivity index (χ2v) is 5.93. The predicted octanol–water partition coefficient (Wildman–Crippen LogP) is 1.28. The van der Waals surface area contributed by atoms with Gasteiger partial charge >= 0.3 is 0 Å². The number of ketones is 1. The molecule has 0 aliphatic carbocycles. The van der Waals surface area contributed by atoms with E-state index < -0.39 is 18.1 Å². The molecule has 2 N–H and O–H groups in total. The second-order valence-electron chi connectivity index (χ2n) is 5.93. The van der Waals surface area contributed by atoms with Gasteiger partial charge in [-0.05, 0) is 55.0 Å². The van der Waals surface area contributed by atoms with Crippen molar-refractivity contribution in [1.29, 1.82) is 0 Å². The van der Waals surface area contributed by atoms with Crippen LogP contribution in [-0.2, 0) is 11.8 Å². The fraction of sp³-hybridized carbons (Fsp3) is 0.286. The zero-order chi connectivity index (χ0) is 19.8. The van der Waals surface area contributed by atoms with E-state index in [2.05, 4.69) is 34.1 Å². The van der Waals surface area contributed by atoms with Crippen LogP contribution in [0.5, 0.6) is 0 Å². The van der Waals surface area contributed by atoms with E-state index in [0.29, 0.717) is 11.1 Å². The van der Waals surface area contributed by atoms with Crippen molar-refractivity contribution in [3.8, 4) is 23.7 Å². The summed E-state index contributed by atoms with van der Waals surface area (Å²) >= 11 is 0. The van der Waals surface area contributed by atoms with Crippen LogP contribution in [0.2, 0.25) is 0 Å². The number of carbonyl (C=O) groups is 2. The van der Waals surface area contributed by atoms with Gasteiger partial charge in [0.25, 0.3) is 5.91 Å². The summed E-state index contributed by atoms with van der Waals surface area (Å²) < 4.78 is 1.66. The van der Waals surface area contributed by atoms with Crippen molar-refractivity contribution < 1.29 is 14.7 Å². The van der Waals surface area contributed by atoms with E-state index >= 15 is 0 Å². The van der Waals surface area contributed by atoms with Crippen LogP contribution in [0.3, 0.4) is 0 Å². The molecule has 0 aliphatic heterocycles. The Morgan fingerprint density at radius 2 is 1.85 bits per heavy atom. The van der Waals surface area contributed by atoms with E-state index in [0.717, 1.165) is 5.69 Å². The number of hydrogen-bond donors (Lipinski definition) is 2. The van der Waals surface area contributed by atoms with Crippen LogP contribution in [0.15, 0.2) is 36.5 Å². The van der Waals surface area contributed by atoms with Crippen LogP contribution < -0.4 is 5.32 Å². The van der Waals surface area contributed by atoms with Gasteiger partial charge in [0.15, 0.2) is 5.78 Å². The molecule has 0 fully saturated rings. The predicted molar refractivity (Wildman–Crippen MR) is 102 cm³/mol. The van der Waals surface area contributed by atoms with Crippen molar-refractivity contribution in [3.05, 3.63) is 53.3 Å². The van der Waals surface area contributed by atoms with Gasteiger partial charge in [-0.25, -0.2) is 0 Å². The number of aliphatic hydroxyl groups excluding tert-OH is 1. The van der Waals surface area contributed by atoms with Crippen LogP contribution in [0.1, 0.15) is 41.9 Å². The number of aromatic nitrogens is 2. The second kappa shape index (κ2) is 9.38. The molecule has 1 heterocycles. The van der Waals surface area contributed by atoms with Crippen molar-refractivity contribution in [1.82, 2.24) is 15.1 Å². The van der Waals surface area contributed by atoms with E-state index in [1.54, 1.807) is 55.2 Å². The fourth-order valence-corrected chi connectivity index (χ4v) is 2.31. The fourth-order valence-electron chi connectivity index (χ4n) is 2.31. The first-order chi connectivity index (χ1) is 12.9. The molecule has 0 bridgehead atoms. The normalized spacial score (nSPS) is 12.0. The summed E-state index contributed by atoms with van der Waals surface area (Å²) in [7, 11) is 1.80. The molecule has 6 heteroatoms. The lowest BCUT2D eigenvalue weighted by Gasteiger charge is -2.19. The summed E-state index contributed by atoms with van der Waals surface area (Å²) in [6.07, 6.45) is 0.950. The number of amides is 1. The summed E-state index contributed by atoms with van der Waals surface area (Å²) in [5, 5.41) is 16.3. The van der Waals surface area contributed by atoms with Gasteiger partial charge in [0.2, 0.25) is 0 Å². The Morgan fingerprint density at radius 3 is 2.41 bits per heavy atom. The SMILES string of the molecule is CCC(=O)[C@@H](NC(=O)c1ccc(C#CC#Cc2ccnn2C)cc1)[C@@H](C)O. The lowest BCUT2D eigenvalue weighted by atomic mass is 10.0. The number of hydrogen-bond acceptors (Lipinski definition) is 4. The molecule has 6 nitrogen and oxygen atoms in total. The van der Waals surface area contributed by atoms with Crippen LogP contribution in [0.25, 0.3) is 0 Å². The van der Waals surface area contributed by atoms with Crippen LogP contribution >= 0.6 is 0 Å². The van der Waals surface area contributed by atoms with Crippen molar-refractivity contribution in [2.45, 2.75) is 32.4 Å². The third-order valence-corrected chi connectivity index (χ3v) is 3.89. The molecule has 0 spiro atoms. The largest absolute Gasteiger partial charge is 0.391 e. The van der Waals surface area contributed by atoms with E-state index in [9.17, 15) is 14.7 Å². The maximum atomic E-state index is 12.3. The lowest BCUT2D eigenvalue weighted by molar-refractivity contribution is -0.122. The van der Waals surface area contributed by atoms with Gasteiger partial charge in [0, 0.05) is 24.6 Å². The molecule has 138 valence electrons. The first-order valence-corrected chi connectivity index (χ1v) is 8.54. The van der Waals surface area contributed by atoms with Crippen LogP contribution in [0.4, 0.5) is 0 Å². The summed E-state index contributed by atoms with van der Waals surface area (Å²) in [5.74, 6) is 10.7. The van der Waals surface area contributed by atoms with Crippen molar-refractivity contribution in [2.75, 3.05) is 0 Å². The Bertz CT molecular complexity index is 935. The molecule has 0 saturated carbocycles. The Labute approximate surface area is 158 Å². The zero-order valence-corrected chi connectivity index (χ0v) is 15.5. The molecule has 1 aromatic heterocycles. The number of aryl methyl sites for hydroxylation is 1. The molecule has 27 heavy (non-hydrogen) atoms. The maximum Gasteiger partial charge on any atom is 0.251 e. The minimum atomic E-state index is -0.954. The van der Waals surface area contributed by atoms with E-state index in [1.807, 2.05) is 0 Å². The van der Waals surface area contributed by atoms with Crippen molar-refractivity contribution >= 4 is 11.7 Å². The highest BCUT2D eigenvalue weighted by Gasteiger charge is 2.24. The topological polar surface area (TPSA) is 84.2 Å². The molecule has 2 atom stereocenters.